The van der Waals surface area contributed by atoms with Gasteiger partial charge in [0.25, 0.3) is 0 Å². The number of hydrogen-bond donors (Lipinski definition) is 1. The van der Waals surface area contributed by atoms with Gasteiger partial charge in [0.2, 0.25) is 11.8 Å². The number of ether oxygens (including phenoxy) is 1. The minimum atomic E-state index is -0.343. The summed E-state index contributed by atoms with van der Waals surface area (Å²) in [6.45, 7) is 2.08. The van der Waals surface area contributed by atoms with E-state index in [-0.39, 0.29) is 28.8 Å². The standard InChI is InChI=1S/C19H24N2O3S/c1-19-10-9-16(22)21(19)15(11-25-19)18(23)20-17(12-3-4-12)13-5-7-14(24-2)8-6-13/h5-8,12,15,17H,3-4,9-11H2,1-2H3,(H,20,23)/t15-,17+,19+/m0/s1. The predicted molar refractivity (Wildman–Crippen MR) is 97.3 cm³/mol. The van der Waals surface area contributed by atoms with Gasteiger partial charge in [-0.25, -0.2) is 0 Å². The van der Waals surface area contributed by atoms with Gasteiger partial charge in [0.15, 0.2) is 0 Å². The van der Waals surface area contributed by atoms with Crippen molar-refractivity contribution in [3.63, 3.8) is 0 Å². The van der Waals surface area contributed by atoms with E-state index in [1.807, 2.05) is 29.2 Å². The highest BCUT2D eigenvalue weighted by atomic mass is 32.2. The first-order valence-electron chi connectivity index (χ1n) is 8.92. The van der Waals surface area contributed by atoms with Crippen molar-refractivity contribution < 1.29 is 14.3 Å². The SMILES string of the molecule is COc1ccc([C@H](NC(=O)[C@@H]2CS[C@]3(C)CCC(=O)N23)C2CC2)cc1. The van der Waals surface area contributed by atoms with E-state index < -0.39 is 0 Å². The number of fused-ring (bicyclic) bond motifs is 1. The number of carbonyl (C=O) groups is 2. The second-order valence-electron chi connectivity index (χ2n) is 7.36. The number of methoxy groups -OCH3 is 1. The lowest BCUT2D eigenvalue weighted by Crippen LogP contribution is -2.50. The van der Waals surface area contributed by atoms with Gasteiger partial charge in [-0.15, -0.1) is 11.8 Å². The summed E-state index contributed by atoms with van der Waals surface area (Å²) in [5.74, 6) is 2.09. The maximum Gasteiger partial charge on any atom is 0.244 e. The fraction of sp³-hybridized carbons (Fsp3) is 0.579. The lowest BCUT2D eigenvalue weighted by Gasteiger charge is -2.31. The first-order chi connectivity index (χ1) is 12.0. The van der Waals surface area contributed by atoms with Crippen molar-refractivity contribution in [3.8, 4) is 5.75 Å². The molecule has 1 saturated carbocycles. The molecule has 3 aliphatic rings. The summed E-state index contributed by atoms with van der Waals surface area (Å²) >= 11 is 1.74. The molecule has 2 aliphatic heterocycles. The quantitative estimate of drug-likeness (QED) is 0.877. The summed E-state index contributed by atoms with van der Waals surface area (Å²) in [7, 11) is 1.65. The lowest BCUT2D eigenvalue weighted by molar-refractivity contribution is -0.138. The van der Waals surface area contributed by atoms with Crippen LogP contribution in [0.15, 0.2) is 24.3 Å². The number of hydrogen-bond acceptors (Lipinski definition) is 4. The molecule has 2 heterocycles. The number of nitrogens with zero attached hydrogens (tertiary/aromatic N) is 1. The van der Waals surface area contributed by atoms with E-state index in [1.165, 1.54) is 0 Å². The molecule has 0 unspecified atom stereocenters. The van der Waals surface area contributed by atoms with Crippen molar-refractivity contribution in [3.05, 3.63) is 29.8 Å². The van der Waals surface area contributed by atoms with Crippen molar-refractivity contribution in [2.45, 2.75) is 49.6 Å². The number of nitrogens with one attached hydrogen (secondary N) is 1. The van der Waals surface area contributed by atoms with Gasteiger partial charge in [-0.2, -0.15) is 0 Å². The summed E-state index contributed by atoms with van der Waals surface area (Å²) < 4.78 is 5.22. The van der Waals surface area contributed by atoms with Crippen LogP contribution in [0.4, 0.5) is 0 Å². The Morgan fingerprint density at radius 1 is 1.36 bits per heavy atom. The summed E-state index contributed by atoms with van der Waals surface area (Å²) in [6.07, 6.45) is 3.66. The number of benzene rings is 1. The third-order valence-corrected chi connectivity index (χ3v) is 7.12. The molecular formula is C19H24N2O3S. The average molecular weight is 360 g/mol. The van der Waals surface area contributed by atoms with Crippen molar-refractivity contribution >= 4 is 23.6 Å². The van der Waals surface area contributed by atoms with Crippen LogP contribution < -0.4 is 10.1 Å². The Morgan fingerprint density at radius 3 is 2.72 bits per heavy atom. The fourth-order valence-electron chi connectivity index (χ4n) is 3.98. The van der Waals surface area contributed by atoms with Crippen LogP contribution in [-0.2, 0) is 9.59 Å². The monoisotopic (exact) mass is 360 g/mol. The van der Waals surface area contributed by atoms with Gasteiger partial charge in [0.05, 0.1) is 18.0 Å². The van der Waals surface area contributed by atoms with Crippen LogP contribution >= 0.6 is 11.8 Å². The second kappa shape index (κ2) is 6.24. The molecule has 1 aromatic carbocycles. The van der Waals surface area contributed by atoms with E-state index in [0.717, 1.165) is 30.6 Å². The van der Waals surface area contributed by atoms with Gasteiger partial charge in [0.1, 0.15) is 11.8 Å². The Labute approximate surface area is 152 Å². The molecule has 25 heavy (non-hydrogen) atoms. The Balaban J connectivity index is 1.50. The molecular weight excluding hydrogens is 336 g/mol. The zero-order valence-corrected chi connectivity index (χ0v) is 15.5. The van der Waals surface area contributed by atoms with Crippen molar-refractivity contribution in [2.24, 2.45) is 5.92 Å². The molecule has 0 aromatic heterocycles. The number of rotatable bonds is 5. The minimum absolute atomic E-state index is 0.0146. The molecule has 134 valence electrons. The van der Waals surface area contributed by atoms with Gasteiger partial charge in [-0.1, -0.05) is 12.1 Å². The lowest BCUT2D eigenvalue weighted by atomic mass is 10.0. The van der Waals surface area contributed by atoms with Crippen LogP contribution in [0, 0.1) is 5.92 Å². The zero-order chi connectivity index (χ0) is 17.6. The first-order valence-corrected chi connectivity index (χ1v) is 9.91. The van der Waals surface area contributed by atoms with Gasteiger partial charge in [-0.3, -0.25) is 9.59 Å². The normalized spacial score (nSPS) is 29.4. The predicted octanol–water partition coefficient (Wildman–Crippen LogP) is 2.72. The van der Waals surface area contributed by atoms with Gasteiger partial charge in [0, 0.05) is 12.2 Å². The third-order valence-electron chi connectivity index (χ3n) is 5.61. The van der Waals surface area contributed by atoms with Gasteiger partial charge in [-0.05, 0) is 49.8 Å². The van der Waals surface area contributed by atoms with Crippen LogP contribution in [0.25, 0.3) is 0 Å². The van der Waals surface area contributed by atoms with Crippen LogP contribution in [0.3, 0.4) is 0 Å². The second-order valence-corrected chi connectivity index (χ2v) is 8.86. The molecule has 3 fully saturated rings. The summed E-state index contributed by atoms with van der Waals surface area (Å²) in [5.41, 5.74) is 1.11. The number of thioether (sulfide) groups is 1. The Hall–Kier alpha value is -1.69. The van der Waals surface area contributed by atoms with Gasteiger partial charge >= 0.3 is 0 Å². The van der Waals surface area contributed by atoms with Crippen molar-refractivity contribution in [1.29, 1.82) is 0 Å². The molecule has 0 bridgehead atoms. The fourth-order valence-corrected chi connectivity index (χ4v) is 5.41. The summed E-state index contributed by atoms with van der Waals surface area (Å²) in [4.78, 5) is 26.9. The smallest absolute Gasteiger partial charge is 0.244 e. The molecule has 2 saturated heterocycles. The highest BCUT2D eigenvalue weighted by Crippen LogP contribution is 2.48. The Bertz CT molecular complexity index is 688. The average Bonchev–Trinajstić information content (AvgIpc) is 3.34. The summed E-state index contributed by atoms with van der Waals surface area (Å²) in [6, 6.07) is 7.59. The van der Waals surface area contributed by atoms with Crippen LogP contribution in [0.5, 0.6) is 5.75 Å². The maximum atomic E-state index is 13.0. The van der Waals surface area contributed by atoms with Crippen LogP contribution in [0.2, 0.25) is 0 Å². The number of carbonyl (C=O) groups excluding carboxylic acids is 2. The molecule has 0 spiro atoms. The minimum Gasteiger partial charge on any atom is -0.497 e. The topological polar surface area (TPSA) is 58.6 Å². The zero-order valence-electron chi connectivity index (χ0n) is 14.7. The van der Waals surface area contributed by atoms with Crippen molar-refractivity contribution in [2.75, 3.05) is 12.9 Å². The van der Waals surface area contributed by atoms with Crippen molar-refractivity contribution in [1.82, 2.24) is 10.2 Å². The maximum absolute atomic E-state index is 13.0. The van der Waals surface area contributed by atoms with E-state index in [4.69, 9.17) is 4.74 Å². The molecule has 1 aromatic rings. The van der Waals surface area contributed by atoms with Crippen LogP contribution in [-0.4, -0.2) is 40.5 Å². The highest BCUT2D eigenvalue weighted by molar-refractivity contribution is 8.01. The molecule has 2 amide bonds. The number of amides is 2. The highest BCUT2D eigenvalue weighted by Gasteiger charge is 2.53. The van der Waals surface area contributed by atoms with Gasteiger partial charge < -0.3 is 15.0 Å². The Morgan fingerprint density at radius 2 is 2.08 bits per heavy atom. The molecule has 3 atom stereocenters. The summed E-state index contributed by atoms with van der Waals surface area (Å²) in [5, 5.41) is 3.24. The van der Waals surface area contributed by atoms with E-state index in [9.17, 15) is 9.59 Å². The molecule has 1 aliphatic carbocycles. The van der Waals surface area contributed by atoms with Crippen LogP contribution in [0.1, 0.15) is 44.2 Å². The molecule has 1 N–H and O–H groups in total. The van der Waals surface area contributed by atoms with E-state index >= 15 is 0 Å². The third kappa shape index (κ3) is 3.01. The molecule has 6 heteroatoms. The molecule has 5 nitrogen and oxygen atoms in total. The van der Waals surface area contributed by atoms with E-state index in [1.54, 1.807) is 18.9 Å². The molecule has 0 radical (unpaired) electrons. The van der Waals surface area contributed by atoms with E-state index in [2.05, 4.69) is 12.2 Å². The first kappa shape index (κ1) is 16.8. The Kier molecular flexibility index (Phi) is 4.18. The molecule has 4 rings (SSSR count). The van der Waals surface area contributed by atoms with E-state index in [0.29, 0.717) is 18.1 Å². The largest absolute Gasteiger partial charge is 0.497 e.